The number of para-hydroxylation sites is 2. The number of fused-ring (bicyclic) bond motifs is 1. The highest BCUT2D eigenvalue weighted by Gasteiger charge is 2.20. The van der Waals surface area contributed by atoms with Gasteiger partial charge in [0.15, 0.2) is 0 Å². The Balaban J connectivity index is 1.28. The monoisotopic (exact) mass is 538 g/mol. The first-order chi connectivity index (χ1) is 18.7. The van der Waals surface area contributed by atoms with Crippen LogP contribution in [0.1, 0.15) is 32.1 Å². The summed E-state index contributed by atoms with van der Waals surface area (Å²) in [6.45, 7) is 2.32. The summed E-state index contributed by atoms with van der Waals surface area (Å²) in [6, 6.07) is 18.9. The summed E-state index contributed by atoms with van der Waals surface area (Å²) in [5, 5.41) is 4.75. The van der Waals surface area contributed by atoms with Gasteiger partial charge in [0, 0.05) is 46.7 Å². The van der Waals surface area contributed by atoms with Crippen molar-refractivity contribution in [1.82, 2.24) is 4.57 Å². The quantitative estimate of drug-likeness (QED) is 0.234. The molecule has 0 bridgehead atoms. The van der Waals surface area contributed by atoms with Crippen LogP contribution in [0.5, 0.6) is 0 Å². The molecule has 0 atom stereocenters. The van der Waals surface area contributed by atoms with Crippen molar-refractivity contribution in [3.8, 4) is 0 Å². The van der Waals surface area contributed by atoms with Crippen LogP contribution in [0, 0.1) is 0 Å². The van der Waals surface area contributed by atoms with Gasteiger partial charge >= 0.3 is 0 Å². The van der Waals surface area contributed by atoms with Crippen molar-refractivity contribution in [2.45, 2.75) is 41.9 Å². The predicted octanol–water partition coefficient (Wildman–Crippen LogP) is 8.40. The standard InChI is InChI=1S/C32H34N4S2/c33-27-12-1-3-14-29(27)37-22-8-11-24-9-7-10-25(16-17-31-34-28-13-2-4-15-30(28)38-31)32(24)36-21-18-26(23-36)35-19-5-6-20-35/h1-4,8,11-18,21,23,34H,5-7,9-10,19-20,22,33H2/b11-8+,25-16+,31-17-. The Morgan fingerprint density at radius 2 is 1.79 bits per heavy atom. The third kappa shape index (κ3) is 5.62. The summed E-state index contributed by atoms with van der Waals surface area (Å²) in [4.78, 5) is 4.95. The third-order valence-corrected chi connectivity index (χ3v) is 9.36. The molecule has 3 aliphatic rings. The highest BCUT2D eigenvalue weighted by atomic mass is 32.2. The maximum Gasteiger partial charge on any atom is 0.0775 e. The number of nitrogens with zero attached hydrogens (tertiary/aromatic N) is 2. The van der Waals surface area contributed by atoms with Crippen LogP contribution in [0.2, 0.25) is 0 Å². The van der Waals surface area contributed by atoms with Crippen molar-refractivity contribution in [3.63, 3.8) is 0 Å². The summed E-state index contributed by atoms with van der Waals surface area (Å²) in [7, 11) is 0. The lowest BCUT2D eigenvalue weighted by molar-refractivity contribution is 0.785. The molecule has 0 radical (unpaired) electrons. The number of allylic oxidation sites excluding steroid dienone is 6. The van der Waals surface area contributed by atoms with Gasteiger partial charge in [0.05, 0.1) is 22.1 Å². The lowest BCUT2D eigenvalue weighted by atomic mass is 9.91. The molecule has 0 saturated carbocycles. The van der Waals surface area contributed by atoms with E-state index in [1.807, 2.05) is 23.9 Å². The summed E-state index contributed by atoms with van der Waals surface area (Å²) in [5.74, 6) is 0.900. The molecule has 38 heavy (non-hydrogen) atoms. The molecule has 3 aromatic rings. The number of benzene rings is 2. The second kappa shape index (κ2) is 11.7. The zero-order chi connectivity index (χ0) is 25.7. The molecule has 6 rings (SSSR count). The van der Waals surface area contributed by atoms with Gasteiger partial charge < -0.3 is 20.5 Å². The Labute approximate surface area is 234 Å². The van der Waals surface area contributed by atoms with Gasteiger partial charge in [-0.3, -0.25) is 0 Å². The summed E-state index contributed by atoms with van der Waals surface area (Å²) in [6.07, 6.45) is 19.7. The second-order valence-corrected chi connectivity index (χ2v) is 12.0. The number of nitrogens with one attached hydrogen (secondary N) is 1. The van der Waals surface area contributed by atoms with Gasteiger partial charge in [-0.05, 0) is 79.7 Å². The molecule has 3 N–H and O–H groups in total. The van der Waals surface area contributed by atoms with Crippen LogP contribution < -0.4 is 16.0 Å². The first-order valence-electron chi connectivity index (χ1n) is 13.5. The van der Waals surface area contributed by atoms with E-state index >= 15 is 0 Å². The minimum atomic E-state index is 0.851. The third-order valence-electron chi connectivity index (χ3n) is 7.28. The highest BCUT2D eigenvalue weighted by Crippen LogP contribution is 2.41. The lowest BCUT2D eigenvalue weighted by Gasteiger charge is -2.23. The van der Waals surface area contributed by atoms with E-state index in [4.69, 9.17) is 5.73 Å². The molecule has 0 spiro atoms. The van der Waals surface area contributed by atoms with E-state index in [1.165, 1.54) is 51.0 Å². The maximum atomic E-state index is 6.15. The molecule has 3 heterocycles. The molecule has 6 heteroatoms. The molecule has 1 saturated heterocycles. The number of aromatic nitrogens is 1. The van der Waals surface area contributed by atoms with Crippen molar-refractivity contribution in [2.24, 2.45) is 0 Å². The number of nitrogen functional groups attached to an aromatic ring is 1. The minimum absolute atomic E-state index is 0.851. The largest absolute Gasteiger partial charge is 0.398 e. The topological polar surface area (TPSA) is 46.2 Å². The van der Waals surface area contributed by atoms with E-state index < -0.39 is 0 Å². The second-order valence-electron chi connectivity index (χ2n) is 9.90. The molecule has 0 amide bonds. The van der Waals surface area contributed by atoms with Gasteiger partial charge in [0.25, 0.3) is 0 Å². The van der Waals surface area contributed by atoms with E-state index in [0.29, 0.717) is 0 Å². The van der Waals surface area contributed by atoms with Crippen LogP contribution in [0.3, 0.4) is 0 Å². The van der Waals surface area contributed by atoms with Crippen LogP contribution in [0.15, 0.2) is 117 Å². The average Bonchev–Trinajstić information content (AvgIpc) is 3.71. The fraction of sp³-hybridized carbons (Fsp3) is 0.250. The van der Waals surface area contributed by atoms with Crippen LogP contribution in [-0.2, 0) is 0 Å². The van der Waals surface area contributed by atoms with E-state index in [1.54, 1.807) is 11.8 Å². The Morgan fingerprint density at radius 1 is 0.947 bits per heavy atom. The van der Waals surface area contributed by atoms with Gasteiger partial charge in [0.2, 0.25) is 0 Å². The highest BCUT2D eigenvalue weighted by molar-refractivity contribution is 8.03. The smallest absolute Gasteiger partial charge is 0.0775 e. The van der Waals surface area contributed by atoms with Crippen molar-refractivity contribution < 1.29 is 0 Å². The molecule has 4 nitrogen and oxygen atoms in total. The fourth-order valence-electron chi connectivity index (χ4n) is 5.38. The summed E-state index contributed by atoms with van der Waals surface area (Å²) >= 11 is 3.60. The van der Waals surface area contributed by atoms with Crippen LogP contribution in [0.4, 0.5) is 17.1 Å². The van der Waals surface area contributed by atoms with Gasteiger partial charge in [-0.2, -0.15) is 0 Å². The Bertz CT molecular complexity index is 1400. The van der Waals surface area contributed by atoms with Crippen LogP contribution >= 0.6 is 23.5 Å². The Morgan fingerprint density at radius 3 is 2.66 bits per heavy atom. The van der Waals surface area contributed by atoms with E-state index in [9.17, 15) is 0 Å². The number of rotatable bonds is 7. The number of hydrogen-bond acceptors (Lipinski definition) is 5. The van der Waals surface area contributed by atoms with Crippen LogP contribution in [-0.4, -0.2) is 23.4 Å². The van der Waals surface area contributed by atoms with Gasteiger partial charge in [-0.25, -0.2) is 0 Å². The zero-order valence-corrected chi connectivity index (χ0v) is 23.2. The lowest BCUT2D eigenvalue weighted by Crippen LogP contribution is -2.16. The van der Waals surface area contributed by atoms with Crippen LogP contribution in [0.25, 0.3) is 5.70 Å². The number of hydrogen-bond donors (Lipinski definition) is 2. The molecule has 2 aliphatic heterocycles. The number of anilines is 3. The molecule has 0 unspecified atom stereocenters. The first-order valence-corrected chi connectivity index (χ1v) is 15.3. The van der Waals surface area contributed by atoms with E-state index in [0.717, 1.165) is 48.7 Å². The normalized spacial score (nSPS) is 19.6. The van der Waals surface area contributed by atoms with Crippen molar-refractivity contribution in [3.05, 3.63) is 107 Å². The average molecular weight is 539 g/mol. The maximum absolute atomic E-state index is 6.15. The predicted molar refractivity (Wildman–Crippen MR) is 166 cm³/mol. The summed E-state index contributed by atoms with van der Waals surface area (Å²) < 4.78 is 2.36. The van der Waals surface area contributed by atoms with Gasteiger partial charge in [0.1, 0.15) is 0 Å². The number of nitrogens with two attached hydrogens (primary N) is 1. The minimum Gasteiger partial charge on any atom is -0.398 e. The zero-order valence-electron chi connectivity index (χ0n) is 21.6. The Hall–Kier alpha value is -3.22. The molecule has 1 fully saturated rings. The van der Waals surface area contributed by atoms with Crippen molar-refractivity contribution >= 4 is 46.3 Å². The molecule has 194 valence electrons. The SMILES string of the molecule is Nc1ccccc1SC/C=C/C1=C(n2ccc(N3CCCC3)c2)C(=C/C=C2/Nc3ccccc3S2)/CCC1. The summed E-state index contributed by atoms with van der Waals surface area (Å²) in [5.41, 5.74) is 13.7. The number of thioether (sulfide) groups is 2. The van der Waals surface area contributed by atoms with Crippen molar-refractivity contribution in [1.29, 1.82) is 0 Å². The molecular weight excluding hydrogens is 505 g/mol. The van der Waals surface area contributed by atoms with Gasteiger partial charge in [-0.1, -0.05) is 54.3 Å². The molecule has 1 aromatic heterocycles. The van der Waals surface area contributed by atoms with E-state index in [2.05, 4.69) is 93.9 Å². The Kier molecular flexibility index (Phi) is 7.70. The van der Waals surface area contributed by atoms with Gasteiger partial charge in [-0.15, -0.1) is 11.8 Å². The first kappa shape index (κ1) is 25.1. The van der Waals surface area contributed by atoms with E-state index in [-0.39, 0.29) is 0 Å². The van der Waals surface area contributed by atoms with Crippen molar-refractivity contribution in [2.75, 3.05) is 34.8 Å². The molecule has 1 aliphatic carbocycles. The molecule has 2 aromatic carbocycles. The fourth-order valence-corrected chi connectivity index (χ4v) is 7.07. The molecular formula is C32H34N4S2.